The van der Waals surface area contributed by atoms with Crippen LogP contribution in [-0.2, 0) is 7.05 Å². The molecule has 128 valence electrons. The molecule has 0 amide bonds. The van der Waals surface area contributed by atoms with E-state index in [9.17, 15) is 9.35 Å². The first-order valence-corrected chi connectivity index (χ1v) is 9.11. The highest BCUT2D eigenvalue weighted by atomic mass is 32.2. The monoisotopic (exact) mass is 353 g/mol. The molecule has 1 N–H and O–H groups in total. The number of fused-ring (bicyclic) bond motifs is 1. The van der Waals surface area contributed by atoms with Gasteiger partial charge in [0, 0.05) is 46.7 Å². The second-order valence-electron chi connectivity index (χ2n) is 6.51. The molecule has 5 heteroatoms. The summed E-state index contributed by atoms with van der Waals surface area (Å²) in [5.74, 6) is 1.44. The summed E-state index contributed by atoms with van der Waals surface area (Å²) in [4.78, 5) is 13.2. The minimum Gasteiger partial charge on any atom is -0.493 e. The van der Waals surface area contributed by atoms with Gasteiger partial charge in [-0.05, 0) is 48.4 Å². The quantitative estimate of drug-likeness (QED) is 0.683. The first kappa shape index (κ1) is 16.2. The van der Waals surface area contributed by atoms with Crippen LogP contribution in [0.15, 0.2) is 58.4 Å². The molecule has 0 aliphatic heterocycles. The first-order chi connectivity index (χ1) is 12.2. The van der Waals surface area contributed by atoms with Crippen molar-refractivity contribution in [3.05, 3.63) is 59.0 Å². The number of aromatic nitrogens is 1. The van der Waals surface area contributed by atoms with Crippen molar-refractivity contribution in [3.8, 4) is 16.9 Å². The SMILES string of the molecule is Cn1cc(-c2cc(SO)ccc2OCC2CC2)c2ccccc2c1=O. The first-order valence-electron chi connectivity index (χ1n) is 8.34. The number of aryl methyl sites for hydroxylation is 1. The lowest BCUT2D eigenvalue weighted by Gasteiger charge is -2.15. The van der Waals surface area contributed by atoms with Crippen LogP contribution in [0.1, 0.15) is 12.8 Å². The Kier molecular flexibility index (Phi) is 4.27. The molecule has 1 aliphatic carbocycles. The zero-order valence-electron chi connectivity index (χ0n) is 13.9. The zero-order valence-corrected chi connectivity index (χ0v) is 14.8. The highest BCUT2D eigenvalue weighted by molar-refractivity contribution is 7.93. The largest absolute Gasteiger partial charge is 0.493 e. The molecule has 0 spiro atoms. The number of pyridine rings is 1. The molecule has 3 aromatic rings. The van der Waals surface area contributed by atoms with Gasteiger partial charge in [0.1, 0.15) is 5.75 Å². The molecule has 0 unspecified atom stereocenters. The van der Waals surface area contributed by atoms with Gasteiger partial charge in [-0.3, -0.25) is 4.79 Å². The van der Waals surface area contributed by atoms with Gasteiger partial charge in [-0.15, -0.1) is 0 Å². The van der Waals surface area contributed by atoms with Crippen LogP contribution < -0.4 is 10.3 Å². The van der Waals surface area contributed by atoms with Gasteiger partial charge in [-0.25, -0.2) is 0 Å². The van der Waals surface area contributed by atoms with Gasteiger partial charge < -0.3 is 13.9 Å². The van der Waals surface area contributed by atoms with Crippen molar-refractivity contribution in [2.24, 2.45) is 13.0 Å². The summed E-state index contributed by atoms with van der Waals surface area (Å²) >= 11 is 0.712. The van der Waals surface area contributed by atoms with Crippen LogP contribution in [0.4, 0.5) is 0 Å². The van der Waals surface area contributed by atoms with Crippen LogP contribution in [0.25, 0.3) is 21.9 Å². The molecular formula is C20H19NO3S. The van der Waals surface area contributed by atoms with E-state index in [0.717, 1.165) is 27.2 Å². The van der Waals surface area contributed by atoms with E-state index in [4.69, 9.17) is 4.74 Å². The average Bonchev–Trinajstić information content (AvgIpc) is 3.47. The molecule has 1 fully saturated rings. The van der Waals surface area contributed by atoms with Crippen molar-refractivity contribution in [3.63, 3.8) is 0 Å². The molecule has 4 rings (SSSR count). The maximum atomic E-state index is 12.4. The average molecular weight is 353 g/mol. The van der Waals surface area contributed by atoms with E-state index in [0.29, 0.717) is 30.0 Å². The van der Waals surface area contributed by atoms with Gasteiger partial charge in [-0.1, -0.05) is 18.2 Å². The van der Waals surface area contributed by atoms with Crippen molar-refractivity contribution in [1.82, 2.24) is 4.57 Å². The third-order valence-electron chi connectivity index (χ3n) is 4.61. The van der Waals surface area contributed by atoms with Crippen molar-refractivity contribution >= 4 is 22.8 Å². The molecule has 1 aliphatic rings. The summed E-state index contributed by atoms with van der Waals surface area (Å²) in [6, 6.07) is 13.3. The Hall–Kier alpha value is -2.24. The lowest BCUT2D eigenvalue weighted by molar-refractivity contribution is 0.301. The molecule has 4 nitrogen and oxygen atoms in total. The van der Waals surface area contributed by atoms with E-state index >= 15 is 0 Å². The third kappa shape index (κ3) is 3.17. The Morgan fingerprint density at radius 3 is 2.64 bits per heavy atom. The van der Waals surface area contributed by atoms with Gasteiger partial charge in [-0.2, -0.15) is 0 Å². The Balaban J connectivity index is 1.92. The number of hydrogen-bond acceptors (Lipinski definition) is 4. The van der Waals surface area contributed by atoms with Crippen molar-refractivity contribution < 1.29 is 9.29 Å². The molecule has 0 atom stereocenters. The number of nitrogens with zero attached hydrogens (tertiary/aromatic N) is 1. The van der Waals surface area contributed by atoms with Crippen molar-refractivity contribution in [1.29, 1.82) is 0 Å². The summed E-state index contributed by atoms with van der Waals surface area (Å²) in [6.07, 6.45) is 4.29. The molecule has 2 aromatic carbocycles. The molecule has 0 radical (unpaired) electrons. The Labute approximate surface area is 150 Å². The minimum atomic E-state index is -0.0208. The summed E-state index contributed by atoms with van der Waals surface area (Å²) < 4.78 is 17.1. The van der Waals surface area contributed by atoms with Crippen LogP contribution in [0, 0.1) is 5.92 Å². The Bertz CT molecular complexity index is 992. The van der Waals surface area contributed by atoms with Gasteiger partial charge >= 0.3 is 0 Å². The lowest BCUT2D eigenvalue weighted by Crippen LogP contribution is -2.16. The van der Waals surface area contributed by atoms with Gasteiger partial charge in [0.2, 0.25) is 0 Å². The smallest absolute Gasteiger partial charge is 0.258 e. The van der Waals surface area contributed by atoms with Crippen LogP contribution in [0.5, 0.6) is 5.75 Å². The van der Waals surface area contributed by atoms with E-state index < -0.39 is 0 Å². The molecular weight excluding hydrogens is 334 g/mol. The third-order valence-corrected chi connectivity index (χ3v) is 5.07. The molecule has 1 aromatic heterocycles. The number of ether oxygens (including phenoxy) is 1. The highest BCUT2D eigenvalue weighted by Gasteiger charge is 2.23. The fourth-order valence-corrected chi connectivity index (χ4v) is 3.32. The second kappa shape index (κ2) is 6.58. The predicted molar refractivity (Wildman–Crippen MR) is 101 cm³/mol. The van der Waals surface area contributed by atoms with E-state index in [1.54, 1.807) is 11.6 Å². The van der Waals surface area contributed by atoms with Crippen LogP contribution >= 0.6 is 12.0 Å². The minimum absolute atomic E-state index is 0.0208. The van der Waals surface area contributed by atoms with E-state index in [1.165, 1.54) is 12.8 Å². The van der Waals surface area contributed by atoms with Gasteiger partial charge in [0.05, 0.1) is 6.61 Å². The maximum Gasteiger partial charge on any atom is 0.258 e. The van der Waals surface area contributed by atoms with Crippen molar-refractivity contribution in [2.45, 2.75) is 17.7 Å². The van der Waals surface area contributed by atoms with E-state index in [2.05, 4.69) is 0 Å². The van der Waals surface area contributed by atoms with Crippen molar-refractivity contribution in [2.75, 3.05) is 6.61 Å². The number of hydrogen-bond donors (Lipinski definition) is 1. The lowest BCUT2D eigenvalue weighted by atomic mass is 10.00. The highest BCUT2D eigenvalue weighted by Crippen LogP contribution is 2.38. The fraction of sp³-hybridized carbons (Fsp3) is 0.250. The van der Waals surface area contributed by atoms with Crippen LogP contribution in [0.3, 0.4) is 0 Å². The molecule has 0 saturated heterocycles. The normalized spacial score (nSPS) is 14.0. The molecule has 1 heterocycles. The maximum absolute atomic E-state index is 12.4. The van der Waals surface area contributed by atoms with Gasteiger partial charge in [0.25, 0.3) is 5.56 Å². The standard InChI is InChI=1S/C20H19NO3S/c1-21-11-18(15-4-2-3-5-16(15)20(21)22)17-10-14(25-23)8-9-19(17)24-12-13-6-7-13/h2-5,8-11,13,23H,6-7,12H2,1H3. The summed E-state index contributed by atoms with van der Waals surface area (Å²) in [5, 5.41) is 1.57. The summed E-state index contributed by atoms with van der Waals surface area (Å²) in [5.41, 5.74) is 1.80. The zero-order chi connectivity index (χ0) is 17.4. The fourth-order valence-electron chi connectivity index (χ4n) is 3.03. The van der Waals surface area contributed by atoms with Gasteiger partial charge in [0.15, 0.2) is 0 Å². The number of rotatable bonds is 5. The van der Waals surface area contributed by atoms with E-state index in [1.807, 2.05) is 48.7 Å². The molecule has 0 bridgehead atoms. The van der Waals surface area contributed by atoms with E-state index in [-0.39, 0.29) is 5.56 Å². The Morgan fingerprint density at radius 1 is 1.16 bits per heavy atom. The predicted octanol–water partition coefficient (Wildman–Crippen LogP) is 4.56. The summed E-state index contributed by atoms with van der Waals surface area (Å²) in [7, 11) is 1.76. The second-order valence-corrected chi connectivity index (χ2v) is 7.16. The topological polar surface area (TPSA) is 51.5 Å². The molecule has 1 saturated carbocycles. The molecule has 25 heavy (non-hydrogen) atoms. The summed E-state index contributed by atoms with van der Waals surface area (Å²) in [6.45, 7) is 0.711. The van der Waals surface area contributed by atoms with Crippen LogP contribution in [-0.4, -0.2) is 15.7 Å². The Morgan fingerprint density at radius 2 is 1.92 bits per heavy atom. The number of benzene rings is 2. The van der Waals surface area contributed by atoms with Crippen LogP contribution in [0.2, 0.25) is 0 Å².